The summed E-state index contributed by atoms with van der Waals surface area (Å²) in [5, 5.41) is 0.617. The molecular weight excluding hydrogens is 338 g/mol. The molecule has 0 amide bonds. The Balaban J connectivity index is 1.98. The number of H-pyrrole nitrogens is 1. The first-order chi connectivity index (χ1) is 11.8. The number of aryl methyl sites for hydroxylation is 1. The SMILES string of the molecule is Cc1[nH]c2ccccc2c1C(=O)[C@@H](C)Oc1c(F)c(F)cc(F)c1F. The maximum atomic E-state index is 13.7. The highest BCUT2D eigenvalue weighted by molar-refractivity contribution is 6.11. The molecule has 3 rings (SSSR count). The standard InChI is InChI=1S/C18H13F4NO2/c1-8-14(10-5-3-4-6-13(10)23-8)17(24)9(2)25-18-15(21)11(19)7-12(20)16(18)22/h3-7,9,23H,1-2H3/t9-/m1/s1. The third kappa shape index (κ3) is 2.86. The molecule has 3 aromatic rings. The normalized spacial score (nSPS) is 12.4. The van der Waals surface area contributed by atoms with Gasteiger partial charge in [-0.3, -0.25) is 4.79 Å². The molecule has 0 radical (unpaired) electrons. The van der Waals surface area contributed by atoms with Crippen molar-refractivity contribution in [1.82, 2.24) is 4.98 Å². The van der Waals surface area contributed by atoms with Crippen LogP contribution >= 0.6 is 0 Å². The highest BCUT2D eigenvalue weighted by atomic mass is 19.2. The van der Waals surface area contributed by atoms with Crippen molar-refractivity contribution in [2.45, 2.75) is 20.0 Å². The topological polar surface area (TPSA) is 42.1 Å². The average molecular weight is 351 g/mol. The van der Waals surface area contributed by atoms with Crippen LogP contribution in [0.5, 0.6) is 5.75 Å². The van der Waals surface area contributed by atoms with Gasteiger partial charge in [0.25, 0.3) is 0 Å². The zero-order chi connectivity index (χ0) is 18.3. The van der Waals surface area contributed by atoms with E-state index in [0.717, 1.165) is 0 Å². The monoisotopic (exact) mass is 351 g/mol. The van der Waals surface area contributed by atoms with Gasteiger partial charge in [-0.25, -0.2) is 8.78 Å². The minimum Gasteiger partial charge on any atom is -0.476 e. The van der Waals surface area contributed by atoms with Gasteiger partial charge < -0.3 is 9.72 Å². The predicted octanol–water partition coefficient (Wildman–Crippen LogP) is 4.68. The first-order valence-corrected chi connectivity index (χ1v) is 7.42. The number of Topliss-reactive ketones (excluding diaryl/α,β-unsaturated/α-hetero) is 1. The first-order valence-electron chi connectivity index (χ1n) is 7.42. The molecular formula is C18H13F4NO2. The number of aromatic nitrogens is 1. The molecule has 3 nitrogen and oxygen atoms in total. The van der Waals surface area contributed by atoms with Crippen LogP contribution < -0.4 is 4.74 Å². The smallest absolute Gasteiger partial charge is 0.205 e. The Morgan fingerprint density at radius 2 is 1.68 bits per heavy atom. The fourth-order valence-corrected chi connectivity index (χ4v) is 2.68. The zero-order valence-corrected chi connectivity index (χ0v) is 13.3. The Labute approximate surface area is 140 Å². The molecule has 1 atom stereocenters. The summed E-state index contributed by atoms with van der Waals surface area (Å²) in [5.41, 5.74) is 1.55. The molecule has 0 fully saturated rings. The van der Waals surface area contributed by atoms with Crippen LogP contribution in [0, 0.1) is 30.2 Å². The van der Waals surface area contributed by atoms with Crippen LogP contribution in [0.1, 0.15) is 23.0 Å². The van der Waals surface area contributed by atoms with Gasteiger partial charge in [0.1, 0.15) is 0 Å². The molecule has 130 valence electrons. The number of benzene rings is 2. The van der Waals surface area contributed by atoms with E-state index in [9.17, 15) is 22.4 Å². The van der Waals surface area contributed by atoms with E-state index in [2.05, 4.69) is 4.98 Å². The Hall–Kier alpha value is -2.83. The lowest BCUT2D eigenvalue weighted by atomic mass is 10.0. The highest BCUT2D eigenvalue weighted by Gasteiger charge is 2.27. The van der Waals surface area contributed by atoms with E-state index < -0.39 is 40.9 Å². The van der Waals surface area contributed by atoms with Crippen molar-refractivity contribution in [3.8, 4) is 5.75 Å². The summed E-state index contributed by atoms with van der Waals surface area (Å²) < 4.78 is 58.9. The fourth-order valence-electron chi connectivity index (χ4n) is 2.68. The molecule has 1 aromatic heterocycles. The number of hydrogen-bond donors (Lipinski definition) is 1. The van der Waals surface area contributed by atoms with Gasteiger partial charge in [0.2, 0.25) is 17.4 Å². The van der Waals surface area contributed by atoms with E-state index in [4.69, 9.17) is 4.74 Å². The van der Waals surface area contributed by atoms with Crippen LogP contribution in [-0.4, -0.2) is 16.9 Å². The van der Waals surface area contributed by atoms with E-state index in [-0.39, 0.29) is 6.07 Å². The molecule has 1 heterocycles. The minimum atomic E-state index is -1.69. The van der Waals surface area contributed by atoms with Gasteiger partial charge in [0, 0.05) is 28.2 Å². The Kier molecular flexibility index (Phi) is 4.24. The van der Waals surface area contributed by atoms with Gasteiger partial charge in [-0.15, -0.1) is 0 Å². The van der Waals surface area contributed by atoms with E-state index in [1.54, 1.807) is 31.2 Å². The second-order valence-corrected chi connectivity index (χ2v) is 5.59. The Morgan fingerprint density at radius 3 is 2.32 bits per heavy atom. The van der Waals surface area contributed by atoms with E-state index in [0.29, 0.717) is 22.2 Å². The number of aromatic amines is 1. The maximum absolute atomic E-state index is 13.7. The molecule has 0 saturated heterocycles. The van der Waals surface area contributed by atoms with Gasteiger partial charge >= 0.3 is 0 Å². The molecule has 0 saturated carbocycles. The van der Waals surface area contributed by atoms with Crippen LogP contribution in [0.4, 0.5) is 17.6 Å². The van der Waals surface area contributed by atoms with Crippen LogP contribution in [-0.2, 0) is 0 Å². The van der Waals surface area contributed by atoms with Gasteiger partial charge in [0.15, 0.2) is 23.5 Å². The van der Waals surface area contributed by atoms with E-state index >= 15 is 0 Å². The van der Waals surface area contributed by atoms with Gasteiger partial charge in [-0.1, -0.05) is 18.2 Å². The minimum absolute atomic E-state index is 0.0772. The third-order valence-corrected chi connectivity index (χ3v) is 3.88. The summed E-state index contributed by atoms with van der Waals surface area (Å²) in [4.78, 5) is 15.7. The van der Waals surface area contributed by atoms with Crippen molar-refractivity contribution in [2.75, 3.05) is 0 Å². The second kappa shape index (κ2) is 6.23. The number of ketones is 1. The van der Waals surface area contributed by atoms with Crippen LogP contribution in [0.15, 0.2) is 30.3 Å². The van der Waals surface area contributed by atoms with E-state index in [1.165, 1.54) is 6.92 Å². The summed E-state index contributed by atoms with van der Waals surface area (Å²) in [6.07, 6.45) is -1.36. The third-order valence-electron chi connectivity index (χ3n) is 3.88. The fraction of sp³-hybridized carbons (Fsp3) is 0.167. The van der Waals surface area contributed by atoms with Crippen LogP contribution in [0.2, 0.25) is 0 Å². The molecule has 0 unspecified atom stereocenters. The van der Waals surface area contributed by atoms with Crippen LogP contribution in [0.25, 0.3) is 10.9 Å². The largest absolute Gasteiger partial charge is 0.476 e. The number of hydrogen-bond acceptors (Lipinski definition) is 2. The van der Waals surface area contributed by atoms with E-state index in [1.807, 2.05) is 0 Å². The van der Waals surface area contributed by atoms with Gasteiger partial charge in [0.05, 0.1) is 0 Å². The molecule has 0 spiro atoms. The van der Waals surface area contributed by atoms with Crippen molar-refractivity contribution in [2.24, 2.45) is 0 Å². The number of nitrogens with one attached hydrogen (secondary N) is 1. The molecule has 25 heavy (non-hydrogen) atoms. The lowest BCUT2D eigenvalue weighted by molar-refractivity contribution is 0.0803. The summed E-state index contributed by atoms with van der Waals surface area (Å²) in [6, 6.07) is 7.08. The van der Waals surface area contributed by atoms with Gasteiger partial charge in [-0.05, 0) is 19.9 Å². The molecule has 0 aliphatic carbocycles. The lowest BCUT2D eigenvalue weighted by Gasteiger charge is -2.15. The second-order valence-electron chi connectivity index (χ2n) is 5.59. The van der Waals surface area contributed by atoms with Crippen molar-refractivity contribution >= 4 is 16.7 Å². The average Bonchev–Trinajstić information content (AvgIpc) is 2.91. The number of para-hydroxylation sites is 1. The highest BCUT2D eigenvalue weighted by Crippen LogP contribution is 2.29. The van der Waals surface area contributed by atoms with Crippen molar-refractivity contribution < 1.29 is 27.1 Å². The summed E-state index contributed by atoms with van der Waals surface area (Å²) in [5.74, 6) is -8.40. The number of rotatable bonds is 4. The predicted molar refractivity (Wildman–Crippen MR) is 83.7 cm³/mol. The molecule has 1 N–H and O–H groups in total. The molecule has 7 heteroatoms. The van der Waals surface area contributed by atoms with Crippen molar-refractivity contribution in [3.05, 3.63) is 64.9 Å². The quantitative estimate of drug-likeness (QED) is 0.421. The number of carbonyl (C=O) groups excluding carboxylic acids is 1. The maximum Gasteiger partial charge on any atom is 0.205 e. The summed E-state index contributed by atoms with van der Waals surface area (Å²) >= 11 is 0. The Morgan fingerprint density at radius 1 is 1.08 bits per heavy atom. The molecule has 0 aliphatic heterocycles. The zero-order valence-electron chi connectivity index (χ0n) is 13.3. The molecule has 2 aromatic carbocycles. The molecule has 0 bridgehead atoms. The lowest BCUT2D eigenvalue weighted by Crippen LogP contribution is -2.25. The van der Waals surface area contributed by atoms with Crippen molar-refractivity contribution in [1.29, 1.82) is 0 Å². The summed E-state index contributed by atoms with van der Waals surface area (Å²) in [6.45, 7) is 2.92. The van der Waals surface area contributed by atoms with Gasteiger partial charge in [-0.2, -0.15) is 8.78 Å². The number of halogens is 4. The number of ether oxygens (including phenoxy) is 1. The van der Waals surface area contributed by atoms with Crippen LogP contribution in [0.3, 0.4) is 0 Å². The first kappa shape index (κ1) is 17.0. The number of carbonyl (C=O) groups is 1. The summed E-state index contributed by atoms with van der Waals surface area (Å²) in [7, 11) is 0. The van der Waals surface area contributed by atoms with Crippen molar-refractivity contribution in [3.63, 3.8) is 0 Å². The molecule has 0 aliphatic rings. The Bertz CT molecular complexity index is 955. The number of fused-ring (bicyclic) bond motifs is 1.